The molecule has 158 valence electrons. The lowest BCUT2D eigenvalue weighted by Gasteiger charge is -2.07. The largest absolute Gasteiger partial charge is 0.482 e. The molecule has 0 saturated carbocycles. The first-order chi connectivity index (χ1) is 14.5. The van der Waals surface area contributed by atoms with Gasteiger partial charge >= 0.3 is 5.97 Å². The fourth-order valence-electron chi connectivity index (χ4n) is 2.42. The maximum Gasteiger partial charge on any atom is 0.344 e. The molecule has 0 aliphatic carbocycles. The second-order valence-electron chi connectivity index (χ2n) is 6.32. The van der Waals surface area contributed by atoms with Crippen molar-refractivity contribution < 1.29 is 23.9 Å². The highest BCUT2D eigenvalue weighted by Gasteiger charge is 2.08. The van der Waals surface area contributed by atoms with E-state index in [1.165, 1.54) is 6.21 Å². The van der Waals surface area contributed by atoms with Crippen molar-refractivity contribution in [2.24, 2.45) is 5.10 Å². The summed E-state index contributed by atoms with van der Waals surface area (Å²) in [7, 11) is 0. The van der Waals surface area contributed by atoms with Crippen molar-refractivity contribution in [1.29, 1.82) is 0 Å². The molecular weight excluding hydrogens is 386 g/mol. The Morgan fingerprint density at radius 2 is 1.80 bits per heavy atom. The van der Waals surface area contributed by atoms with Crippen LogP contribution in [-0.4, -0.2) is 37.2 Å². The van der Waals surface area contributed by atoms with E-state index in [9.17, 15) is 14.4 Å². The number of rotatable bonds is 10. The van der Waals surface area contributed by atoms with Crippen LogP contribution in [0.2, 0.25) is 0 Å². The van der Waals surface area contributed by atoms with Gasteiger partial charge in [-0.15, -0.1) is 0 Å². The minimum absolute atomic E-state index is 0.0117. The predicted octanol–water partition coefficient (Wildman–Crippen LogP) is 2.81. The molecule has 0 atom stereocenters. The third-order valence-electron chi connectivity index (χ3n) is 3.92. The van der Waals surface area contributed by atoms with Crippen LogP contribution >= 0.6 is 0 Å². The molecule has 2 N–H and O–H groups in total. The zero-order chi connectivity index (χ0) is 21.8. The van der Waals surface area contributed by atoms with Crippen molar-refractivity contribution >= 4 is 29.7 Å². The number of amides is 2. The van der Waals surface area contributed by atoms with Crippen LogP contribution in [0.4, 0.5) is 5.69 Å². The van der Waals surface area contributed by atoms with Crippen molar-refractivity contribution in [2.75, 3.05) is 18.5 Å². The minimum Gasteiger partial charge on any atom is -0.482 e. The molecule has 0 heterocycles. The molecule has 2 amide bonds. The molecule has 30 heavy (non-hydrogen) atoms. The van der Waals surface area contributed by atoms with Gasteiger partial charge in [-0.05, 0) is 43.2 Å². The Morgan fingerprint density at radius 1 is 1.03 bits per heavy atom. The topological polar surface area (TPSA) is 106 Å². The highest BCUT2D eigenvalue weighted by Crippen LogP contribution is 2.14. The maximum absolute atomic E-state index is 12.0. The summed E-state index contributed by atoms with van der Waals surface area (Å²) in [6.45, 7) is 3.73. The predicted molar refractivity (Wildman–Crippen MR) is 113 cm³/mol. The van der Waals surface area contributed by atoms with Gasteiger partial charge in [0.05, 0.1) is 12.8 Å². The van der Waals surface area contributed by atoms with Gasteiger partial charge in [-0.1, -0.05) is 30.3 Å². The van der Waals surface area contributed by atoms with E-state index in [0.29, 0.717) is 17.9 Å². The van der Waals surface area contributed by atoms with Crippen LogP contribution in [0.5, 0.6) is 5.75 Å². The van der Waals surface area contributed by atoms with Gasteiger partial charge in [-0.2, -0.15) is 5.10 Å². The number of carbonyl (C=O) groups is 3. The quantitative estimate of drug-likeness (QED) is 0.355. The van der Waals surface area contributed by atoms with Crippen LogP contribution in [0, 0.1) is 6.92 Å². The summed E-state index contributed by atoms with van der Waals surface area (Å²) >= 11 is 0. The van der Waals surface area contributed by atoms with Crippen LogP contribution in [0.15, 0.2) is 53.6 Å². The number of aryl methyl sites for hydroxylation is 1. The normalized spacial score (nSPS) is 10.5. The summed E-state index contributed by atoms with van der Waals surface area (Å²) in [4.78, 5) is 35.2. The third kappa shape index (κ3) is 8.14. The lowest BCUT2D eigenvalue weighted by Crippen LogP contribution is -2.20. The lowest BCUT2D eigenvalue weighted by atomic mass is 10.2. The third-order valence-corrected chi connectivity index (χ3v) is 3.92. The fourth-order valence-corrected chi connectivity index (χ4v) is 2.42. The first-order valence-corrected chi connectivity index (χ1v) is 9.53. The molecule has 0 spiro atoms. The standard InChI is InChI=1S/C22H25N3O5/c1-3-29-22(28)15-30-18-9-6-8-17(13-18)14-23-25-21(27)12-11-20(26)24-19-10-5-4-7-16(19)2/h4-10,13-14H,3,11-12,15H2,1-2H3,(H,24,26)(H,25,27). The average molecular weight is 411 g/mol. The van der Waals surface area contributed by atoms with Crippen LogP contribution in [0.1, 0.15) is 30.9 Å². The molecule has 0 saturated heterocycles. The molecule has 2 rings (SSSR count). The van der Waals surface area contributed by atoms with Crippen molar-refractivity contribution in [3.05, 3.63) is 59.7 Å². The zero-order valence-corrected chi connectivity index (χ0v) is 17.0. The summed E-state index contributed by atoms with van der Waals surface area (Å²) in [6.07, 6.45) is 1.51. The first-order valence-electron chi connectivity index (χ1n) is 9.53. The van der Waals surface area contributed by atoms with Gasteiger partial charge in [0.25, 0.3) is 0 Å². The molecule has 8 nitrogen and oxygen atoms in total. The van der Waals surface area contributed by atoms with Crippen LogP contribution in [-0.2, 0) is 19.1 Å². The molecule has 2 aromatic carbocycles. The molecule has 0 fully saturated rings. The smallest absolute Gasteiger partial charge is 0.344 e. The summed E-state index contributed by atoms with van der Waals surface area (Å²) in [5.74, 6) is -0.586. The Balaban J connectivity index is 1.75. The van der Waals surface area contributed by atoms with Crippen LogP contribution in [0.25, 0.3) is 0 Å². The molecule has 0 bridgehead atoms. The number of benzene rings is 2. The van der Waals surface area contributed by atoms with E-state index in [0.717, 1.165) is 11.3 Å². The molecule has 0 aliphatic heterocycles. The summed E-state index contributed by atoms with van der Waals surface area (Å²) in [5, 5.41) is 6.66. The van der Waals surface area contributed by atoms with E-state index in [4.69, 9.17) is 9.47 Å². The van der Waals surface area contributed by atoms with Gasteiger partial charge < -0.3 is 14.8 Å². The van der Waals surface area contributed by atoms with Crippen molar-refractivity contribution in [3.8, 4) is 5.75 Å². The number of anilines is 1. The van der Waals surface area contributed by atoms with Gasteiger partial charge in [-0.3, -0.25) is 9.59 Å². The van der Waals surface area contributed by atoms with Crippen LogP contribution in [0.3, 0.4) is 0 Å². The van der Waals surface area contributed by atoms with E-state index in [-0.39, 0.29) is 31.3 Å². The number of hydrazone groups is 1. The molecular formula is C22H25N3O5. The number of nitrogens with zero attached hydrogens (tertiary/aromatic N) is 1. The number of hydrogen-bond donors (Lipinski definition) is 2. The SMILES string of the molecule is CCOC(=O)COc1cccc(C=NNC(=O)CCC(=O)Nc2ccccc2C)c1. The summed E-state index contributed by atoms with van der Waals surface area (Å²) in [5.41, 5.74) is 4.74. The van der Waals surface area contributed by atoms with Crippen molar-refractivity contribution in [2.45, 2.75) is 26.7 Å². The van der Waals surface area contributed by atoms with E-state index >= 15 is 0 Å². The maximum atomic E-state index is 12.0. The molecule has 2 aromatic rings. The van der Waals surface area contributed by atoms with Gasteiger partial charge in [-0.25, -0.2) is 10.2 Å². The Morgan fingerprint density at radius 3 is 2.57 bits per heavy atom. The second-order valence-corrected chi connectivity index (χ2v) is 6.32. The number of ether oxygens (including phenoxy) is 2. The Labute approximate surface area is 175 Å². The van der Waals surface area contributed by atoms with Crippen molar-refractivity contribution in [3.63, 3.8) is 0 Å². The Bertz CT molecular complexity index is 911. The highest BCUT2D eigenvalue weighted by atomic mass is 16.6. The Kier molecular flexibility index (Phi) is 9.05. The number of para-hydroxylation sites is 1. The summed E-state index contributed by atoms with van der Waals surface area (Å²) < 4.78 is 10.1. The Hall–Kier alpha value is -3.68. The number of hydrogen-bond acceptors (Lipinski definition) is 6. The molecule has 0 aromatic heterocycles. The van der Waals surface area contributed by atoms with Gasteiger partial charge in [0, 0.05) is 18.5 Å². The van der Waals surface area contributed by atoms with Gasteiger partial charge in [0.2, 0.25) is 11.8 Å². The molecule has 0 unspecified atom stereocenters. The number of esters is 1. The first kappa shape index (κ1) is 22.6. The van der Waals surface area contributed by atoms with Crippen molar-refractivity contribution in [1.82, 2.24) is 5.43 Å². The monoisotopic (exact) mass is 411 g/mol. The zero-order valence-electron chi connectivity index (χ0n) is 17.0. The second kappa shape index (κ2) is 12.0. The van der Waals surface area contributed by atoms with E-state index < -0.39 is 5.97 Å². The van der Waals surface area contributed by atoms with E-state index in [2.05, 4.69) is 15.8 Å². The molecule has 0 radical (unpaired) electrons. The number of carbonyl (C=O) groups excluding carboxylic acids is 3. The van der Waals surface area contributed by atoms with Gasteiger partial charge in [0.15, 0.2) is 6.61 Å². The number of nitrogens with one attached hydrogen (secondary N) is 2. The summed E-state index contributed by atoms with van der Waals surface area (Å²) in [6, 6.07) is 14.3. The van der Waals surface area contributed by atoms with E-state index in [1.807, 2.05) is 31.2 Å². The van der Waals surface area contributed by atoms with E-state index in [1.54, 1.807) is 31.2 Å². The highest BCUT2D eigenvalue weighted by molar-refractivity contribution is 5.94. The van der Waals surface area contributed by atoms with Gasteiger partial charge in [0.1, 0.15) is 5.75 Å². The molecule has 0 aliphatic rings. The lowest BCUT2D eigenvalue weighted by molar-refractivity contribution is -0.145. The fraction of sp³-hybridized carbons (Fsp3) is 0.273. The average Bonchev–Trinajstić information content (AvgIpc) is 2.73. The minimum atomic E-state index is -0.449. The van der Waals surface area contributed by atoms with Crippen LogP contribution < -0.4 is 15.5 Å². The molecule has 8 heteroatoms.